The van der Waals surface area contributed by atoms with Crippen LogP contribution in [0, 0.1) is 5.92 Å². The zero-order valence-corrected chi connectivity index (χ0v) is 13.2. The Hall–Kier alpha value is -0.590. The number of halogens is 1. The van der Waals surface area contributed by atoms with Gasteiger partial charge >= 0.3 is 6.03 Å². The highest BCUT2D eigenvalue weighted by Crippen LogP contribution is 2.22. The lowest BCUT2D eigenvalue weighted by Crippen LogP contribution is -2.46. The number of nitrogens with one attached hydrogen (secondary N) is 1. The first-order valence-electron chi connectivity index (χ1n) is 6.57. The number of piperidine rings is 1. The molecule has 1 unspecified atom stereocenters. The molecule has 19 heavy (non-hydrogen) atoms. The largest absolute Gasteiger partial charge is 0.396 e. The fourth-order valence-corrected chi connectivity index (χ4v) is 3.77. The van der Waals surface area contributed by atoms with E-state index in [0.29, 0.717) is 13.1 Å². The van der Waals surface area contributed by atoms with Crippen molar-refractivity contribution < 1.29 is 9.90 Å². The van der Waals surface area contributed by atoms with Crippen molar-refractivity contribution in [2.24, 2.45) is 5.92 Å². The van der Waals surface area contributed by atoms with Gasteiger partial charge in [0.2, 0.25) is 0 Å². The highest BCUT2D eigenvalue weighted by molar-refractivity contribution is 9.11. The molecule has 1 aliphatic rings. The molecule has 2 heterocycles. The second-order valence-corrected chi connectivity index (χ2v) is 7.37. The molecule has 1 aromatic heterocycles. The standard InChI is InChI=1S/C13H19BrN2O2S/c14-12-4-3-11(19-12)5-6-15-13(18)16-7-1-2-10(8-16)9-17/h3-4,10,17H,1-2,5-9H2,(H,15,18). The number of amides is 2. The quantitative estimate of drug-likeness (QED) is 0.879. The Morgan fingerprint density at radius 3 is 3.11 bits per heavy atom. The molecule has 0 saturated carbocycles. The van der Waals surface area contributed by atoms with Crippen LogP contribution in [0.2, 0.25) is 0 Å². The molecule has 1 aliphatic heterocycles. The summed E-state index contributed by atoms with van der Waals surface area (Å²) in [6.45, 7) is 2.30. The van der Waals surface area contributed by atoms with Crippen molar-refractivity contribution in [1.82, 2.24) is 10.2 Å². The van der Waals surface area contributed by atoms with Crippen molar-refractivity contribution in [3.8, 4) is 0 Å². The highest BCUT2D eigenvalue weighted by Gasteiger charge is 2.22. The van der Waals surface area contributed by atoms with Crippen LogP contribution in [0.25, 0.3) is 0 Å². The van der Waals surface area contributed by atoms with Gasteiger partial charge in [0, 0.05) is 31.1 Å². The minimum absolute atomic E-state index is 0.00577. The Bertz CT molecular complexity index is 425. The number of hydrogen-bond donors (Lipinski definition) is 2. The highest BCUT2D eigenvalue weighted by atomic mass is 79.9. The second-order valence-electron chi connectivity index (χ2n) is 4.82. The molecule has 2 amide bonds. The van der Waals surface area contributed by atoms with Gasteiger partial charge in [0.25, 0.3) is 0 Å². The van der Waals surface area contributed by atoms with Crippen LogP contribution in [0.1, 0.15) is 17.7 Å². The van der Waals surface area contributed by atoms with Gasteiger partial charge in [-0.05, 0) is 53.2 Å². The molecule has 106 valence electrons. The molecule has 1 fully saturated rings. The van der Waals surface area contributed by atoms with Gasteiger partial charge in [-0.2, -0.15) is 0 Å². The van der Waals surface area contributed by atoms with E-state index in [9.17, 15) is 4.79 Å². The number of hydrogen-bond acceptors (Lipinski definition) is 3. The maximum absolute atomic E-state index is 12.0. The van der Waals surface area contributed by atoms with E-state index < -0.39 is 0 Å². The smallest absolute Gasteiger partial charge is 0.317 e. The molecule has 0 aliphatic carbocycles. The first-order chi connectivity index (χ1) is 9.19. The monoisotopic (exact) mass is 346 g/mol. The Morgan fingerprint density at radius 1 is 1.58 bits per heavy atom. The molecular weight excluding hydrogens is 328 g/mol. The van der Waals surface area contributed by atoms with Crippen molar-refractivity contribution in [3.05, 3.63) is 20.8 Å². The van der Waals surface area contributed by atoms with Gasteiger partial charge in [-0.3, -0.25) is 0 Å². The van der Waals surface area contributed by atoms with Crippen molar-refractivity contribution in [2.45, 2.75) is 19.3 Å². The minimum Gasteiger partial charge on any atom is -0.396 e. The summed E-state index contributed by atoms with van der Waals surface area (Å²) in [4.78, 5) is 15.1. The number of carbonyl (C=O) groups is 1. The predicted octanol–water partition coefficient (Wildman–Crippen LogP) is 2.47. The lowest BCUT2D eigenvalue weighted by atomic mass is 9.99. The summed E-state index contributed by atoms with van der Waals surface area (Å²) in [5, 5.41) is 12.1. The molecule has 2 rings (SSSR count). The average Bonchev–Trinajstić information content (AvgIpc) is 2.84. The van der Waals surface area contributed by atoms with Crippen molar-refractivity contribution in [1.29, 1.82) is 0 Å². The van der Waals surface area contributed by atoms with E-state index in [1.165, 1.54) is 4.88 Å². The van der Waals surface area contributed by atoms with Crippen LogP contribution in [0.15, 0.2) is 15.9 Å². The first-order valence-corrected chi connectivity index (χ1v) is 8.18. The Kier molecular flexibility index (Phi) is 5.66. The normalized spacial score (nSPS) is 19.5. The molecule has 0 bridgehead atoms. The van der Waals surface area contributed by atoms with Crippen molar-refractivity contribution >= 4 is 33.3 Å². The van der Waals surface area contributed by atoms with Gasteiger partial charge in [-0.15, -0.1) is 11.3 Å². The maximum Gasteiger partial charge on any atom is 0.317 e. The maximum atomic E-state index is 12.0. The number of aliphatic hydroxyl groups excluding tert-OH is 1. The molecular formula is C13H19BrN2O2S. The van der Waals surface area contributed by atoms with Crippen LogP contribution < -0.4 is 5.32 Å². The first kappa shape index (κ1) is 14.8. The molecule has 1 aromatic rings. The number of rotatable bonds is 4. The second kappa shape index (κ2) is 7.26. The van der Waals surface area contributed by atoms with E-state index in [1.807, 2.05) is 11.0 Å². The number of urea groups is 1. The molecule has 6 heteroatoms. The van der Waals surface area contributed by atoms with E-state index in [2.05, 4.69) is 27.3 Å². The molecule has 0 spiro atoms. The number of likely N-dealkylation sites (tertiary alicyclic amines) is 1. The van der Waals surface area contributed by atoms with Crippen LogP contribution in [0.5, 0.6) is 0 Å². The lowest BCUT2D eigenvalue weighted by molar-refractivity contribution is 0.130. The molecule has 1 atom stereocenters. The van der Waals surface area contributed by atoms with Crippen LogP contribution >= 0.6 is 27.3 Å². The topological polar surface area (TPSA) is 52.6 Å². The zero-order valence-electron chi connectivity index (χ0n) is 10.8. The lowest BCUT2D eigenvalue weighted by Gasteiger charge is -2.31. The van der Waals surface area contributed by atoms with E-state index >= 15 is 0 Å². The van der Waals surface area contributed by atoms with E-state index in [1.54, 1.807) is 11.3 Å². The van der Waals surface area contributed by atoms with Crippen LogP contribution in [-0.2, 0) is 6.42 Å². The van der Waals surface area contributed by atoms with Crippen LogP contribution in [-0.4, -0.2) is 42.3 Å². The summed E-state index contributed by atoms with van der Waals surface area (Å²) in [5.41, 5.74) is 0. The zero-order chi connectivity index (χ0) is 13.7. The third-order valence-electron chi connectivity index (χ3n) is 3.34. The van der Waals surface area contributed by atoms with Crippen LogP contribution in [0.4, 0.5) is 4.79 Å². The van der Waals surface area contributed by atoms with Crippen molar-refractivity contribution in [2.75, 3.05) is 26.2 Å². The van der Waals surface area contributed by atoms with Gasteiger partial charge in [-0.25, -0.2) is 4.79 Å². The summed E-state index contributed by atoms with van der Waals surface area (Å²) in [7, 11) is 0. The van der Waals surface area contributed by atoms with Gasteiger partial charge in [-0.1, -0.05) is 0 Å². The predicted molar refractivity (Wildman–Crippen MR) is 80.5 cm³/mol. The van der Waals surface area contributed by atoms with E-state index in [0.717, 1.165) is 29.6 Å². The molecule has 2 N–H and O–H groups in total. The Labute approximate surface area is 125 Å². The van der Waals surface area contributed by atoms with Gasteiger partial charge in [0.05, 0.1) is 3.79 Å². The SMILES string of the molecule is O=C(NCCc1ccc(Br)s1)N1CCCC(CO)C1. The molecule has 1 saturated heterocycles. The minimum atomic E-state index is -0.00577. The average molecular weight is 347 g/mol. The fourth-order valence-electron chi connectivity index (χ4n) is 2.29. The summed E-state index contributed by atoms with van der Waals surface area (Å²) < 4.78 is 1.12. The molecule has 0 radical (unpaired) electrons. The number of aliphatic hydroxyl groups is 1. The molecule has 4 nitrogen and oxygen atoms in total. The van der Waals surface area contributed by atoms with Gasteiger partial charge in [0.1, 0.15) is 0 Å². The Balaban J connectivity index is 1.72. The Morgan fingerprint density at radius 2 is 2.42 bits per heavy atom. The van der Waals surface area contributed by atoms with Gasteiger partial charge in [0.15, 0.2) is 0 Å². The summed E-state index contributed by atoms with van der Waals surface area (Å²) in [5.74, 6) is 0.243. The fraction of sp³-hybridized carbons (Fsp3) is 0.615. The van der Waals surface area contributed by atoms with Crippen molar-refractivity contribution in [3.63, 3.8) is 0 Å². The number of carbonyl (C=O) groups excluding carboxylic acids is 1. The van der Waals surface area contributed by atoms with Gasteiger partial charge < -0.3 is 15.3 Å². The third-order valence-corrected chi connectivity index (χ3v) is 5.02. The summed E-state index contributed by atoms with van der Waals surface area (Å²) in [6, 6.07) is 4.09. The molecule has 0 aromatic carbocycles. The van der Waals surface area contributed by atoms with Crippen LogP contribution in [0.3, 0.4) is 0 Å². The number of thiophene rings is 1. The van der Waals surface area contributed by atoms with E-state index in [4.69, 9.17) is 5.11 Å². The summed E-state index contributed by atoms with van der Waals surface area (Å²) in [6.07, 6.45) is 2.86. The number of nitrogens with zero attached hydrogens (tertiary/aromatic N) is 1. The van der Waals surface area contributed by atoms with E-state index in [-0.39, 0.29) is 18.6 Å². The summed E-state index contributed by atoms with van der Waals surface area (Å²) >= 11 is 5.13. The third kappa shape index (κ3) is 4.47.